The third kappa shape index (κ3) is 2.83. The number of hydrogen-bond donors (Lipinski definition) is 2. The minimum atomic E-state index is -0.250. The van der Waals surface area contributed by atoms with Gasteiger partial charge < -0.3 is 11.1 Å². The van der Waals surface area contributed by atoms with Crippen LogP contribution in [0.4, 0.5) is 11.4 Å². The molecule has 0 spiro atoms. The van der Waals surface area contributed by atoms with Gasteiger partial charge in [-0.1, -0.05) is 41.9 Å². The van der Waals surface area contributed by atoms with E-state index < -0.39 is 0 Å². The van der Waals surface area contributed by atoms with Gasteiger partial charge in [-0.05, 0) is 41.1 Å². The molecule has 0 aliphatic rings. The molecule has 0 fully saturated rings. The number of hydrogen-bond acceptors (Lipinski definition) is 2. The van der Waals surface area contributed by atoms with E-state index in [9.17, 15) is 4.79 Å². The average Bonchev–Trinajstić information content (AvgIpc) is 2.46. The molecule has 1 amide bonds. The molecule has 0 aliphatic heterocycles. The summed E-state index contributed by atoms with van der Waals surface area (Å²) in [4.78, 5) is 12.4. The highest BCUT2D eigenvalue weighted by atomic mass is 35.5. The third-order valence-corrected chi connectivity index (χ3v) is 3.48. The number of rotatable bonds is 2. The fraction of sp³-hybridized carbons (Fsp3) is 0. The third-order valence-electron chi connectivity index (χ3n) is 3.24. The first-order valence-corrected chi connectivity index (χ1v) is 6.86. The predicted molar refractivity (Wildman–Crippen MR) is 87.8 cm³/mol. The van der Waals surface area contributed by atoms with Crippen LogP contribution in [0.15, 0.2) is 60.7 Å². The second-order valence-corrected chi connectivity index (χ2v) is 5.19. The molecule has 21 heavy (non-hydrogen) atoms. The van der Waals surface area contributed by atoms with E-state index in [1.165, 1.54) is 0 Å². The van der Waals surface area contributed by atoms with E-state index >= 15 is 0 Å². The SMILES string of the molecule is Nc1cc2ccccc2cc1C(=O)Nc1cccc(Cl)c1. The highest BCUT2D eigenvalue weighted by molar-refractivity contribution is 6.31. The number of anilines is 2. The lowest BCUT2D eigenvalue weighted by Crippen LogP contribution is -2.14. The fourth-order valence-corrected chi connectivity index (χ4v) is 2.41. The maximum Gasteiger partial charge on any atom is 0.257 e. The Morgan fingerprint density at radius 2 is 1.67 bits per heavy atom. The zero-order valence-electron chi connectivity index (χ0n) is 11.1. The zero-order chi connectivity index (χ0) is 14.8. The summed E-state index contributed by atoms with van der Waals surface area (Å²) >= 11 is 5.91. The first-order chi connectivity index (χ1) is 10.1. The number of carbonyl (C=O) groups excluding carboxylic acids is 1. The summed E-state index contributed by atoms with van der Waals surface area (Å²) in [7, 11) is 0. The van der Waals surface area contributed by atoms with Crippen LogP contribution < -0.4 is 11.1 Å². The minimum absolute atomic E-state index is 0.250. The van der Waals surface area contributed by atoms with Gasteiger partial charge in [-0.2, -0.15) is 0 Å². The molecule has 0 bridgehead atoms. The van der Waals surface area contributed by atoms with Gasteiger partial charge in [-0.25, -0.2) is 0 Å². The van der Waals surface area contributed by atoms with E-state index in [0.717, 1.165) is 10.8 Å². The Morgan fingerprint density at radius 3 is 2.38 bits per heavy atom. The van der Waals surface area contributed by atoms with E-state index in [2.05, 4.69) is 5.32 Å². The molecule has 3 nitrogen and oxygen atoms in total. The van der Waals surface area contributed by atoms with E-state index in [1.54, 1.807) is 30.3 Å². The van der Waals surface area contributed by atoms with Crippen LogP contribution in [0.1, 0.15) is 10.4 Å². The van der Waals surface area contributed by atoms with E-state index in [1.807, 2.05) is 30.3 Å². The maximum absolute atomic E-state index is 12.4. The van der Waals surface area contributed by atoms with Gasteiger partial charge in [0.15, 0.2) is 0 Å². The van der Waals surface area contributed by atoms with Gasteiger partial charge in [-0.15, -0.1) is 0 Å². The Morgan fingerprint density at radius 1 is 0.952 bits per heavy atom. The first-order valence-electron chi connectivity index (χ1n) is 6.49. The summed E-state index contributed by atoms with van der Waals surface area (Å²) in [6, 6.07) is 18.4. The predicted octanol–water partition coefficient (Wildman–Crippen LogP) is 4.33. The molecular weight excluding hydrogens is 284 g/mol. The molecule has 0 saturated carbocycles. The Balaban J connectivity index is 1.96. The van der Waals surface area contributed by atoms with Crippen molar-refractivity contribution < 1.29 is 4.79 Å². The van der Waals surface area contributed by atoms with Crippen LogP contribution >= 0.6 is 11.6 Å². The summed E-state index contributed by atoms with van der Waals surface area (Å²) in [5.74, 6) is -0.250. The number of fused-ring (bicyclic) bond motifs is 1. The topological polar surface area (TPSA) is 55.1 Å². The molecule has 0 aromatic heterocycles. The van der Waals surface area contributed by atoms with Crippen LogP contribution in [-0.2, 0) is 0 Å². The Hall–Kier alpha value is -2.52. The van der Waals surface area contributed by atoms with Crippen molar-refractivity contribution in [1.82, 2.24) is 0 Å². The normalized spacial score (nSPS) is 10.5. The molecule has 0 radical (unpaired) electrons. The number of nitrogens with two attached hydrogens (primary N) is 1. The number of nitrogens with one attached hydrogen (secondary N) is 1. The van der Waals surface area contributed by atoms with Crippen molar-refractivity contribution in [2.24, 2.45) is 0 Å². The van der Waals surface area contributed by atoms with E-state index in [0.29, 0.717) is 22.0 Å². The molecule has 3 aromatic carbocycles. The second-order valence-electron chi connectivity index (χ2n) is 4.75. The summed E-state index contributed by atoms with van der Waals surface area (Å²) in [5.41, 5.74) is 7.53. The van der Waals surface area contributed by atoms with Crippen LogP contribution in [0.25, 0.3) is 10.8 Å². The molecule has 3 rings (SSSR count). The molecule has 0 atom stereocenters. The van der Waals surface area contributed by atoms with Gasteiger partial charge in [0.05, 0.1) is 5.56 Å². The Kier molecular flexibility index (Phi) is 3.50. The molecular formula is C17H13ClN2O. The molecule has 104 valence electrons. The van der Waals surface area contributed by atoms with Gasteiger partial charge >= 0.3 is 0 Å². The zero-order valence-corrected chi connectivity index (χ0v) is 11.9. The smallest absolute Gasteiger partial charge is 0.257 e. The number of amides is 1. The quantitative estimate of drug-likeness (QED) is 0.692. The lowest BCUT2D eigenvalue weighted by atomic mass is 10.0. The molecule has 0 aliphatic carbocycles. The highest BCUT2D eigenvalue weighted by Gasteiger charge is 2.11. The molecule has 4 heteroatoms. The van der Waals surface area contributed by atoms with Crippen LogP contribution in [-0.4, -0.2) is 5.91 Å². The summed E-state index contributed by atoms with van der Waals surface area (Å²) < 4.78 is 0. The number of benzene rings is 3. The van der Waals surface area contributed by atoms with E-state index in [-0.39, 0.29) is 5.91 Å². The monoisotopic (exact) mass is 296 g/mol. The Labute approximate surface area is 127 Å². The highest BCUT2D eigenvalue weighted by Crippen LogP contribution is 2.23. The maximum atomic E-state index is 12.4. The van der Waals surface area contributed by atoms with Crippen molar-refractivity contribution in [3.05, 3.63) is 71.2 Å². The molecule has 3 N–H and O–H groups in total. The van der Waals surface area contributed by atoms with Gasteiger partial charge in [0.2, 0.25) is 0 Å². The average molecular weight is 297 g/mol. The van der Waals surface area contributed by atoms with Crippen LogP contribution in [0.3, 0.4) is 0 Å². The first kappa shape index (κ1) is 13.5. The van der Waals surface area contributed by atoms with Crippen molar-refractivity contribution in [1.29, 1.82) is 0 Å². The van der Waals surface area contributed by atoms with Crippen LogP contribution in [0.5, 0.6) is 0 Å². The Bertz CT molecular complexity index is 830. The van der Waals surface area contributed by atoms with Crippen molar-refractivity contribution >= 4 is 39.7 Å². The van der Waals surface area contributed by atoms with E-state index in [4.69, 9.17) is 17.3 Å². The lowest BCUT2D eigenvalue weighted by molar-refractivity contribution is 0.102. The fourth-order valence-electron chi connectivity index (χ4n) is 2.22. The van der Waals surface area contributed by atoms with Crippen molar-refractivity contribution in [3.8, 4) is 0 Å². The largest absolute Gasteiger partial charge is 0.398 e. The van der Waals surface area contributed by atoms with Crippen LogP contribution in [0.2, 0.25) is 5.02 Å². The lowest BCUT2D eigenvalue weighted by Gasteiger charge is -2.09. The molecule has 0 unspecified atom stereocenters. The van der Waals surface area contributed by atoms with Gasteiger partial charge in [-0.3, -0.25) is 4.79 Å². The minimum Gasteiger partial charge on any atom is -0.398 e. The summed E-state index contributed by atoms with van der Waals surface area (Å²) in [6.07, 6.45) is 0. The summed E-state index contributed by atoms with van der Waals surface area (Å²) in [5, 5.41) is 5.35. The van der Waals surface area contributed by atoms with Gasteiger partial charge in [0.25, 0.3) is 5.91 Å². The van der Waals surface area contributed by atoms with Gasteiger partial charge in [0, 0.05) is 16.4 Å². The van der Waals surface area contributed by atoms with Gasteiger partial charge in [0.1, 0.15) is 0 Å². The van der Waals surface area contributed by atoms with Crippen molar-refractivity contribution in [2.45, 2.75) is 0 Å². The number of carbonyl (C=O) groups is 1. The molecule has 0 heterocycles. The standard InChI is InChI=1S/C17H13ClN2O/c18-13-6-3-7-14(10-13)20-17(21)15-8-11-4-1-2-5-12(11)9-16(15)19/h1-10H,19H2,(H,20,21). The number of nitrogen functional groups attached to an aromatic ring is 1. The number of halogens is 1. The molecule has 0 saturated heterocycles. The van der Waals surface area contributed by atoms with Crippen LogP contribution in [0, 0.1) is 0 Å². The van der Waals surface area contributed by atoms with Crippen molar-refractivity contribution in [2.75, 3.05) is 11.1 Å². The summed E-state index contributed by atoms with van der Waals surface area (Å²) in [6.45, 7) is 0. The second kappa shape index (κ2) is 5.46. The molecule has 3 aromatic rings. The van der Waals surface area contributed by atoms with Crippen molar-refractivity contribution in [3.63, 3.8) is 0 Å².